The molecule has 4 nitrogen and oxygen atoms in total. The summed E-state index contributed by atoms with van der Waals surface area (Å²) in [7, 11) is 0. The molecule has 0 aliphatic rings. The Hall–Kier alpha value is -3.47. The summed E-state index contributed by atoms with van der Waals surface area (Å²) < 4.78 is 2.12. The largest absolute Gasteiger partial charge is 0.330 e. The van der Waals surface area contributed by atoms with Gasteiger partial charge in [-0.1, -0.05) is 66.2 Å². The number of benzene rings is 3. The standard InChI is InChI=1S/C27H23ClN4/c28-24-16-25-23(15-21(24)11-8-19-5-2-1-3-6-19)27-26(17-30-25)31-18-32(27)22-12-9-20(10-13-22)7-4-14-29/h1-3,5-6,8-13,15-18H,4,7,14,29H2/b11-8+. The third-order valence-corrected chi connectivity index (χ3v) is 5.96. The van der Waals surface area contributed by atoms with Gasteiger partial charge in [-0.25, -0.2) is 4.98 Å². The Morgan fingerprint density at radius 3 is 2.50 bits per heavy atom. The number of nitrogens with two attached hydrogens (primary N) is 1. The Morgan fingerprint density at radius 2 is 1.72 bits per heavy atom. The zero-order chi connectivity index (χ0) is 21.9. The molecule has 2 N–H and O–H groups in total. The van der Waals surface area contributed by atoms with Crippen molar-refractivity contribution in [2.75, 3.05) is 6.54 Å². The minimum Gasteiger partial charge on any atom is -0.330 e. The Balaban J connectivity index is 1.60. The molecule has 0 aliphatic carbocycles. The van der Waals surface area contributed by atoms with Crippen LogP contribution in [0.5, 0.6) is 0 Å². The molecule has 0 fully saturated rings. The second-order valence-corrected chi connectivity index (χ2v) is 8.21. The molecule has 5 heteroatoms. The van der Waals surface area contributed by atoms with Crippen molar-refractivity contribution in [3.8, 4) is 5.69 Å². The summed E-state index contributed by atoms with van der Waals surface area (Å²) in [6.45, 7) is 0.705. The number of hydrogen-bond donors (Lipinski definition) is 1. The van der Waals surface area contributed by atoms with Crippen LogP contribution in [0.25, 0.3) is 39.8 Å². The summed E-state index contributed by atoms with van der Waals surface area (Å²) in [5.74, 6) is 0. The summed E-state index contributed by atoms with van der Waals surface area (Å²) in [6.07, 6.45) is 9.75. The Morgan fingerprint density at radius 1 is 0.906 bits per heavy atom. The van der Waals surface area contributed by atoms with Crippen molar-refractivity contribution < 1.29 is 0 Å². The quantitative estimate of drug-likeness (QED) is 0.317. The number of halogens is 1. The van der Waals surface area contributed by atoms with E-state index < -0.39 is 0 Å². The monoisotopic (exact) mass is 438 g/mol. The Labute approximate surface area is 192 Å². The number of fused-ring (bicyclic) bond motifs is 3. The van der Waals surface area contributed by atoms with E-state index in [-0.39, 0.29) is 0 Å². The van der Waals surface area contributed by atoms with Gasteiger partial charge < -0.3 is 5.73 Å². The normalized spacial score (nSPS) is 11.7. The first kappa shape index (κ1) is 20.4. The van der Waals surface area contributed by atoms with Gasteiger partial charge in [0.2, 0.25) is 0 Å². The molecule has 0 saturated carbocycles. The van der Waals surface area contributed by atoms with Gasteiger partial charge in [-0.05, 0) is 60.3 Å². The molecule has 2 heterocycles. The van der Waals surface area contributed by atoms with Crippen LogP contribution in [-0.4, -0.2) is 21.1 Å². The van der Waals surface area contributed by atoms with Gasteiger partial charge >= 0.3 is 0 Å². The number of aromatic nitrogens is 3. The summed E-state index contributed by atoms with van der Waals surface area (Å²) in [5.41, 5.74) is 12.8. The van der Waals surface area contributed by atoms with E-state index in [2.05, 4.69) is 63.1 Å². The third-order valence-electron chi connectivity index (χ3n) is 5.63. The average molecular weight is 439 g/mol. The molecule has 0 spiro atoms. The van der Waals surface area contributed by atoms with E-state index in [0.29, 0.717) is 11.6 Å². The van der Waals surface area contributed by atoms with Crippen LogP contribution < -0.4 is 5.73 Å². The molecule has 0 aliphatic heterocycles. The summed E-state index contributed by atoms with van der Waals surface area (Å²) in [5, 5.41) is 1.69. The summed E-state index contributed by atoms with van der Waals surface area (Å²) in [6, 6.07) is 22.8. The van der Waals surface area contributed by atoms with Crippen molar-refractivity contribution in [1.29, 1.82) is 0 Å². The average Bonchev–Trinajstić information content (AvgIpc) is 3.27. The first-order chi connectivity index (χ1) is 15.7. The van der Waals surface area contributed by atoms with E-state index >= 15 is 0 Å². The highest BCUT2D eigenvalue weighted by molar-refractivity contribution is 6.33. The van der Waals surface area contributed by atoms with Crippen molar-refractivity contribution in [2.45, 2.75) is 12.8 Å². The van der Waals surface area contributed by atoms with Gasteiger partial charge in [0.1, 0.15) is 11.8 Å². The van der Waals surface area contributed by atoms with Crippen LogP contribution in [0, 0.1) is 0 Å². The highest BCUT2D eigenvalue weighted by Gasteiger charge is 2.12. The van der Waals surface area contributed by atoms with Crippen molar-refractivity contribution in [2.24, 2.45) is 5.73 Å². The van der Waals surface area contributed by atoms with E-state index in [1.165, 1.54) is 5.56 Å². The second-order valence-electron chi connectivity index (χ2n) is 7.80. The first-order valence-corrected chi connectivity index (χ1v) is 11.1. The van der Waals surface area contributed by atoms with Crippen LogP contribution >= 0.6 is 11.6 Å². The molecule has 0 bridgehead atoms. The van der Waals surface area contributed by atoms with Gasteiger partial charge in [-0.15, -0.1) is 0 Å². The molecule has 0 atom stereocenters. The van der Waals surface area contributed by atoms with Gasteiger partial charge in [-0.2, -0.15) is 0 Å². The summed E-state index contributed by atoms with van der Waals surface area (Å²) >= 11 is 6.59. The van der Waals surface area contributed by atoms with Gasteiger partial charge in [0.05, 0.1) is 17.2 Å². The number of hydrogen-bond acceptors (Lipinski definition) is 3. The number of rotatable bonds is 6. The number of aryl methyl sites for hydroxylation is 1. The predicted octanol–water partition coefficient (Wildman–Crippen LogP) is 6.29. The minimum atomic E-state index is 0.673. The van der Waals surface area contributed by atoms with E-state index in [1.54, 1.807) is 6.20 Å². The van der Waals surface area contributed by atoms with Crippen molar-refractivity contribution >= 4 is 45.7 Å². The predicted molar refractivity (Wildman–Crippen MR) is 134 cm³/mol. The van der Waals surface area contributed by atoms with Crippen LogP contribution in [0.4, 0.5) is 0 Å². The maximum atomic E-state index is 6.59. The van der Waals surface area contributed by atoms with Crippen LogP contribution in [0.2, 0.25) is 5.02 Å². The molecule has 5 aromatic rings. The van der Waals surface area contributed by atoms with Crippen LogP contribution in [0.3, 0.4) is 0 Å². The van der Waals surface area contributed by atoms with Crippen LogP contribution in [0.15, 0.2) is 79.3 Å². The zero-order valence-electron chi connectivity index (χ0n) is 17.6. The highest BCUT2D eigenvalue weighted by Crippen LogP contribution is 2.31. The lowest BCUT2D eigenvalue weighted by Crippen LogP contribution is -2.00. The van der Waals surface area contributed by atoms with E-state index in [1.807, 2.05) is 36.7 Å². The van der Waals surface area contributed by atoms with Crippen molar-refractivity contribution in [3.05, 3.63) is 101 Å². The van der Waals surface area contributed by atoms with Crippen molar-refractivity contribution in [3.63, 3.8) is 0 Å². The molecule has 0 unspecified atom stereocenters. The molecular formula is C27H23ClN4. The SMILES string of the molecule is NCCCc1ccc(-n2cnc3cnc4cc(Cl)c(/C=C/c5ccccc5)cc4c32)cc1. The number of pyridine rings is 1. The fourth-order valence-corrected chi connectivity index (χ4v) is 4.16. The molecule has 5 rings (SSSR count). The maximum absolute atomic E-state index is 6.59. The molecule has 32 heavy (non-hydrogen) atoms. The van der Waals surface area contributed by atoms with Crippen LogP contribution in [0.1, 0.15) is 23.1 Å². The zero-order valence-corrected chi connectivity index (χ0v) is 18.3. The first-order valence-electron chi connectivity index (χ1n) is 10.7. The smallest absolute Gasteiger partial charge is 0.108 e. The Bertz CT molecular complexity index is 1400. The topological polar surface area (TPSA) is 56.7 Å². The lowest BCUT2D eigenvalue weighted by atomic mass is 10.1. The summed E-state index contributed by atoms with van der Waals surface area (Å²) in [4.78, 5) is 9.18. The lowest BCUT2D eigenvalue weighted by Gasteiger charge is -2.09. The van der Waals surface area contributed by atoms with Crippen LogP contribution in [-0.2, 0) is 6.42 Å². The van der Waals surface area contributed by atoms with Crippen molar-refractivity contribution in [1.82, 2.24) is 14.5 Å². The second kappa shape index (κ2) is 8.95. The lowest BCUT2D eigenvalue weighted by molar-refractivity contribution is 0.832. The fraction of sp³-hybridized carbons (Fsp3) is 0.111. The molecule has 0 amide bonds. The van der Waals surface area contributed by atoms with E-state index in [4.69, 9.17) is 17.3 Å². The van der Waals surface area contributed by atoms with Gasteiger partial charge in [0, 0.05) is 16.1 Å². The van der Waals surface area contributed by atoms with Gasteiger partial charge in [0.15, 0.2) is 0 Å². The molecular weight excluding hydrogens is 416 g/mol. The number of imidazole rings is 1. The highest BCUT2D eigenvalue weighted by atomic mass is 35.5. The van der Waals surface area contributed by atoms with Gasteiger partial charge in [0.25, 0.3) is 0 Å². The minimum absolute atomic E-state index is 0.673. The van der Waals surface area contributed by atoms with E-state index in [9.17, 15) is 0 Å². The van der Waals surface area contributed by atoms with Gasteiger partial charge in [-0.3, -0.25) is 9.55 Å². The molecule has 3 aromatic carbocycles. The molecule has 158 valence electrons. The third kappa shape index (κ3) is 4.03. The number of nitrogens with zero attached hydrogens (tertiary/aromatic N) is 3. The molecule has 0 saturated heterocycles. The van der Waals surface area contributed by atoms with E-state index in [0.717, 1.165) is 51.6 Å². The molecule has 0 radical (unpaired) electrons. The molecule has 2 aromatic heterocycles. The fourth-order valence-electron chi connectivity index (χ4n) is 3.93. The Kier molecular flexibility index (Phi) is 5.71. The maximum Gasteiger partial charge on any atom is 0.108 e.